The van der Waals surface area contributed by atoms with Crippen molar-refractivity contribution in [3.63, 3.8) is 0 Å². The zero-order valence-electron chi connectivity index (χ0n) is 9.12. The zero-order valence-corrected chi connectivity index (χ0v) is 10.7. The van der Waals surface area contributed by atoms with Gasteiger partial charge < -0.3 is 0 Å². The van der Waals surface area contributed by atoms with Gasteiger partial charge in [0.15, 0.2) is 0 Å². The molecule has 0 aliphatic carbocycles. The molecule has 5 nitrogen and oxygen atoms in total. The van der Waals surface area contributed by atoms with Gasteiger partial charge in [0.1, 0.15) is 6.54 Å². The Morgan fingerprint density at radius 3 is 2.47 bits per heavy atom. The van der Waals surface area contributed by atoms with Gasteiger partial charge in [0.2, 0.25) is 0 Å². The highest BCUT2D eigenvalue weighted by atomic mass is 35.5. The summed E-state index contributed by atoms with van der Waals surface area (Å²) in [5.74, 6) is 0. The molecular weight excluding hydrogens is 307 g/mol. The molecule has 0 aromatic heterocycles. The lowest BCUT2D eigenvalue weighted by atomic mass is 10.2. The molecule has 0 amide bonds. The minimum absolute atomic E-state index is 0.101. The number of benzene rings is 1. The van der Waals surface area contributed by atoms with Crippen LogP contribution in [0.25, 0.3) is 0 Å². The third-order valence-corrected chi connectivity index (χ3v) is 3.13. The number of alkyl halides is 3. The lowest BCUT2D eigenvalue weighted by molar-refractivity contribution is -0.121. The van der Waals surface area contributed by atoms with Crippen LogP contribution in [0.4, 0.5) is 18.9 Å². The van der Waals surface area contributed by atoms with Crippen molar-refractivity contribution in [2.75, 3.05) is 11.3 Å². The molecule has 0 saturated carbocycles. The molecule has 0 aliphatic heterocycles. The lowest BCUT2D eigenvalue weighted by Crippen LogP contribution is -2.37. The van der Waals surface area contributed by atoms with E-state index in [4.69, 9.17) is 16.9 Å². The van der Waals surface area contributed by atoms with Crippen LogP contribution < -0.4 is 9.44 Å². The summed E-state index contributed by atoms with van der Waals surface area (Å²) >= 11 is 5.68. The van der Waals surface area contributed by atoms with E-state index >= 15 is 0 Å². The van der Waals surface area contributed by atoms with Crippen molar-refractivity contribution < 1.29 is 21.6 Å². The van der Waals surface area contributed by atoms with Crippen molar-refractivity contribution in [1.29, 1.82) is 5.26 Å². The van der Waals surface area contributed by atoms with Gasteiger partial charge in [-0.3, -0.25) is 4.72 Å². The molecule has 1 aromatic rings. The third-order valence-electron chi connectivity index (χ3n) is 1.81. The zero-order chi connectivity index (χ0) is 14.7. The molecule has 1 rings (SSSR count). The van der Waals surface area contributed by atoms with Gasteiger partial charge in [-0.15, -0.1) is 0 Å². The van der Waals surface area contributed by atoms with Crippen LogP contribution in [0.2, 0.25) is 5.02 Å². The first-order valence-corrected chi connectivity index (χ1v) is 6.53. The highest BCUT2D eigenvalue weighted by Gasteiger charge is 2.29. The number of nitrogens with zero attached hydrogens (tertiary/aromatic N) is 1. The summed E-state index contributed by atoms with van der Waals surface area (Å²) in [6.07, 6.45) is -4.66. The molecule has 0 saturated heterocycles. The van der Waals surface area contributed by atoms with Crippen LogP contribution in [0, 0.1) is 11.3 Å². The van der Waals surface area contributed by atoms with E-state index in [1.807, 2.05) is 4.72 Å². The second kappa shape index (κ2) is 5.64. The normalized spacial score (nSPS) is 11.9. The first kappa shape index (κ1) is 15.6. The van der Waals surface area contributed by atoms with Gasteiger partial charge in [-0.1, -0.05) is 11.6 Å². The Morgan fingerprint density at radius 1 is 1.37 bits per heavy atom. The van der Waals surface area contributed by atoms with Crippen molar-refractivity contribution in [3.8, 4) is 6.07 Å². The predicted octanol–water partition coefficient (Wildman–Crippen LogP) is 2.02. The van der Waals surface area contributed by atoms with Crippen molar-refractivity contribution in [3.05, 3.63) is 28.8 Å². The van der Waals surface area contributed by atoms with E-state index in [1.165, 1.54) is 22.9 Å². The number of hydrogen-bond acceptors (Lipinski definition) is 3. The van der Waals surface area contributed by atoms with E-state index < -0.39 is 22.9 Å². The quantitative estimate of drug-likeness (QED) is 0.892. The lowest BCUT2D eigenvalue weighted by Gasteiger charge is -2.12. The number of hydrogen-bond donors (Lipinski definition) is 2. The average molecular weight is 314 g/mol. The maximum absolute atomic E-state index is 11.9. The molecule has 104 valence electrons. The van der Waals surface area contributed by atoms with Gasteiger partial charge in [-0.05, 0) is 18.2 Å². The van der Waals surface area contributed by atoms with Crippen LogP contribution in [0.3, 0.4) is 0 Å². The minimum Gasteiger partial charge on any atom is -0.270 e. The molecule has 0 heterocycles. The van der Waals surface area contributed by atoms with Gasteiger partial charge >= 0.3 is 6.18 Å². The van der Waals surface area contributed by atoms with Crippen LogP contribution in [-0.2, 0) is 10.2 Å². The summed E-state index contributed by atoms with van der Waals surface area (Å²) in [5.41, 5.74) is 0.0616. The molecule has 0 aliphatic rings. The third kappa shape index (κ3) is 5.34. The highest BCUT2D eigenvalue weighted by Crippen LogP contribution is 2.23. The predicted molar refractivity (Wildman–Crippen MR) is 62.8 cm³/mol. The Bertz CT molecular complexity index is 610. The summed E-state index contributed by atoms with van der Waals surface area (Å²) in [4.78, 5) is 0. The Morgan fingerprint density at radius 2 is 2.00 bits per heavy atom. The van der Waals surface area contributed by atoms with Crippen molar-refractivity contribution >= 4 is 27.5 Å². The first-order chi connectivity index (χ1) is 8.63. The molecule has 10 heteroatoms. The Hall–Kier alpha value is -1.50. The number of nitriles is 1. The standard InChI is InChI=1S/C9H7ClF3N3O2S/c10-7-3-6(4-14)1-2-8(7)16-19(17,18)15-5-9(11,12)13/h1-3,15-16H,5H2. The largest absolute Gasteiger partial charge is 0.402 e. The van der Waals surface area contributed by atoms with Gasteiger partial charge in [0, 0.05) is 0 Å². The second-order valence-electron chi connectivity index (χ2n) is 3.35. The van der Waals surface area contributed by atoms with E-state index in [0.717, 1.165) is 0 Å². The van der Waals surface area contributed by atoms with Crippen molar-refractivity contribution in [2.24, 2.45) is 0 Å². The summed E-state index contributed by atoms with van der Waals surface area (Å²) in [5, 5.41) is 8.47. The van der Waals surface area contributed by atoms with Crippen LogP contribution in [0.1, 0.15) is 5.56 Å². The van der Waals surface area contributed by atoms with E-state index in [0.29, 0.717) is 0 Å². The fraction of sp³-hybridized carbons (Fsp3) is 0.222. The maximum Gasteiger partial charge on any atom is 0.402 e. The van der Waals surface area contributed by atoms with Crippen molar-refractivity contribution in [1.82, 2.24) is 4.72 Å². The van der Waals surface area contributed by atoms with E-state index in [1.54, 1.807) is 6.07 Å². The van der Waals surface area contributed by atoms with Crippen LogP contribution in [-0.4, -0.2) is 21.1 Å². The summed E-state index contributed by atoms with van der Waals surface area (Å²) in [6.45, 7) is -1.70. The number of rotatable bonds is 4. The topological polar surface area (TPSA) is 82.0 Å². The Labute approximate surface area is 112 Å². The molecule has 0 atom stereocenters. The number of anilines is 1. The van der Waals surface area contributed by atoms with E-state index in [2.05, 4.69) is 0 Å². The monoisotopic (exact) mass is 313 g/mol. The summed E-state index contributed by atoms with van der Waals surface area (Å²) in [6, 6.07) is 5.41. The van der Waals surface area contributed by atoms with E-state index in [9.17, 15) is 21.6 Å². The van der Waals surface area contributed by atoms with Crippen LogP contribution >= 0.6 is 11.6 Å². The second-order valence-corrected chi connectivity index (χ2v) is 5.26. The Kier molecular flexibility index (Phi) is 4.62. The molecule has 0 fully saturated rings. The SMILES string of the molecule is N#Cc1ccc(NS(=O)(=O)NCC(F)(F)F)c(Cl)c1. The molecule has 1 aromatic carbocycles. The van der Waals surface area contributed by atoms with E-state index in [-0.39, 0.29) is 16.3 Å². The molecular formula is C9H7ClF3N3O2S. The summed E-state index contributed by atoms with van der Waals surface area (Å²) in [7, 11) is -4.40. The molecule has 0 spiro atoms. The first-order valence-electron chi connectivity index (χ1n) is 4.67. The maximum atomic E-state index is 11.9. The average Bonchev–Trinajstić information content (AvgIpc) is 2.28. The van der Waals surface area contributed by atoms with Crippen LogP contribution in [0.15, 0.2) is 18.2 Å². The number of halogens is 4. The molecule has 0 unspecified atom stereocenters. The molecule has 0 bridgehead atoms. The fourth-order valence-corrected chi connectivity index (χ4v) is 2.20. The minimum atomic E-state index is -4.66. The van der Waals surface area contributed by atoms with Gasteiger partial charge in [0.05, 0.1) is 22.3 Å². The number of nitrogens with one attached hydrogen (secondary N) is 2. The molecule has 19 heavy (non-hydrogen) atoms. The van der Waals surface area contributed by atoms with Gasteiger partial charge in [-0.2, -0.15) is 31.6 Å². The smallest absolute Gasteiger partial charge is 0.270 e. The van der Waals surface area contributed by atoms with Gasteiger partial charge in [-0.25, -0.2) is 0 Å². The highest BCUT2D eigenvalue weighted by molar-refractivity contribution is 7.90. The molecule has 0 radical (unpaired) electrons. The van der Waals surface area contributed by atoms with Crippen molar-refractivity contribution in [2.45, 2.75) is 6.18 Å². The molecule has 2 N–H and O–H groups in total. The van der Waals surface area contributed by atoms with Crippen LogP contribution in [0.5, 0.6) is 0 Å². The fourth-order valence-electron chi connectivity index (χ4n) is 1.03. The summed E-state index contributed by atoms with van der Waals surface area (Å²) < 4.78 is 61.4. The van der Waals surface area contributed by atoms with Gasteiger partial charge in [0.25, 0.3) is 10.2 Å². The Balaban J connectivity index is 2.82.